The largest absolute Gasteiger partial charge is 0.493 e. The molecular formula is C12H14BrNO5. The molecule has 0 aromatic heterocycles. The van der Waals surface area contributed by atoms with E-state index in [-0.39, 0.29) is 11.8 Å². The van der Waals surface area contributed by atoms with Crippen molar-refractivity contribution in [2.45, 2.75) is 17.9 Å². The molecule has 1 heterocycles. The molecule has 0 radical (unpaired) electrons. The Hall–Kier alpha value is -1.34. The first-order valence-corrected chi connectivity index (χ1v) is 6.93. The van der Waals surface area contributed by atoms with Gasteiger partial charge in [0, 0.05) is 17.3 Å². The van der Waals surface area contributed by atoms with Crippen LogP contribution in [0.1, 0.15) is 12.0 Å². The van der Waals surface area contributed by atoms with Crippen molar-refractivity contribution in [1.29, 1.82) is 0 Å². The Morgan fingerprint density at radius 3 is 2.84 bits per heavy atom. The Morgan fingerprint density at radius 2 is 2.32 bits per heavy atom. The summed E-state index contributed by atoms with van der Waals surface area (Å²) in [6, 6.07) is 3.03. The molecule has 7 heteroatoms. The van der Waals surface area contributed by atoms with E-state index in [4.69, 9.17) is 14.2 Å². The van der Waals surface area contributed by atoms with Crippen molar-refractivity contribution in [3.8, 4) is 11.5 Å². The number of hydrogen-bond acceptors (Lipinski definition) is 5. The maximum atomic E-state index is 11.0. The molecule has 19 heavy (non-hydrogen) atoms. The summed E-state index contributed by atoms with van der Waals surface area (Å²) in [6.07, 6.45) is 0.695. The van der Waals surface area contributed by atoms with Gasteiger partial charge < -0.3 is 14.2 Å². The van der Waals surface area contributed by atoms with Gasteiger partial charge in [-0.25, -0.2) is 0 Å². The van der Waals surface area contributed by atoms with Crippen LogP contribution < -0.4 is 9.47 Å². The zero-order valence-electron chi connectivity index (χ0n) is 10.4. The van der Waals surface area contributed by atoms with Gasteiger partial charge in [0.25, 0.3) is 5.69 Å². The molecule has 1 aliphatic rings. The summed E-state index contributed by atoms with van der Waals surface area (Å²) in [5.41, 5.74) is 0.573. The van der Waals surface area contributed by atoms with Crippen molar-refractivity contribution in [3.63, 3.8) is 0 Å². The monoisotopic (exact) mass is 331 g/mol. The highest BCUT2D eigenvalue weighted by Gasteiger charge is 2.23. The van der Waals surface area contributed by atoms with Crippen LogP contribution in [-0.2, 0) is 10.1 Å². The molecule has 1 saturated heterocycles. The van der Waals surface area contributed by atoms with Gasteiger partial charge in [-0.3, -0.25) is 10.1 Å². The van der Waals surface area contributed by atoms with Crippen molar-refractivity contribution in [2.75, 3.05) is 20.3 Å². The maximum absolute atomic E-state index is 11.0. The van der Waals surface area contributed by atoms with E-state index in [0.29, 0.717) is 35.6 Å². The van der Waals surface area contributed by atoms with Gasteiger partial charge >= 0.3 is 0 Å². The van der Waals surface area contributed by atoms with Gasteiger partial charge in [-0.2, -0.15) is 0 Å². The standard InChI is InChI=1S/C12H14BrNO5/c1-17-11-4-8(6-13)10(14(15)16)5-12(11)19-9-2-3-18-7-9/h4-5,9H,2-3,6-7H2,1H3. The first-order valence-electron chi connectivity index (χ1n) is 5.81. The molecule has 1 fully saturated rings. The lowest BCUT2D eigenvalue weighted by Crippen LogP contribution is -2.16. The topological polar surface area (TPSA) is 70.8 Å². The summed E-state index contributed by atoms with van der Waals surface area (Å²) in [4.78, 5) is 10.6. The second kappa shape index (κ2) is 6.21. The molecule has 1 aromatic carbocycles. The number of benzene rings is 1. The molecule has 0 bridgehead atoms. The third-order valence-electron chi connectivity index (χ3n) is 2.89. The predicted molar refractivity (Wildman–Crippen MR) is 72.1 cm³/mol. The van der Waals surface area contributed by atoms with Gasteiger partial charge in [0.2, 0.25) is 0 Å². The van der Waals surface area contributed by atoms with E-state index in [1.807, 2.05) is 0 Å². The van der Waals surface area contributed by atoms with Gasteiger partial charge in [-0.1, -0.05) is 15.9 Å². The lowest BCUT2D eigenvalue weighted by molar-refractivity contribution is -0.385. The average molecular weight is 332 g/mol. The smallest absolute Gasteiger partial charge is 0.277 e. The van der Waals surface area contributed by atoms with E-state index in [0.717, 1.165) is 6.42 Å². The molecule has 0 saturated carbocycles. The van der Waals surface area contributed by atoms with Gasteiger partial charge in [0.05, 0.1) is 31.3 Å². The summed E-state index contributed by atoms with van der Waals surface area (Å²) in [5.74, 6) is 0.876. The molecule has 104 valence electrons. The highest BCUT2D eigenvalue weighted by molar-refractivity contribution is 9.08. The fraction of sp³-hybridized carbons (Fsp3) is 0.500. The number of nitro groups is 1. The molecule has 0 N–H and O–H groups in total. The summed E-state index contributed by atoms with van der Waals surface area (Å²) in [6.45, 7) is 1.14. The number of rotatable bonds is 5. The highest BCUT2D eigenvalue weighted by atomic mass is 79.9. The minimum absolute atomic E-state index is 0.0200. The quantitative estimate of drug-likeness (QED) is 0.471. The average Bonchev–Trinajstić information content (AvgIpc) is 2.91. The second-order valence-corrected chi connectivity index (χ2v) is 4.69. The lowest BCUT2D eigenvalue weighted by Gasteiger charge is -2.15. The Labute approximate surface area is 118 Å². The van der Waals surface area contributed by atoms with Crippen LogP contribution in [0.5, 0.6) is 11.5 Å². The van der Waals surface area contributed by atoms with E-state index in [1.165, 1.54) is 13.2 Å². The number of methoxy groups -OCH3 is 1. The van der Waals surface area contributed by atoms with Crippen LogP contribution in [0.25, 0.3) is 0 Å². The van der Waals surface area contributed by atoms with Gasteiger partial charge in [-0.05, 0) is 6.07 Å². The van der Waals surface area contributed by atoms with Crippen molar-refractivity contribution in [1.82, 2.24) is 0 Å². The highest BCUT2D eigenvalue weighted by Crippen LogP contribution is 2.36. The van der Waals surface area contributed by atoms with Crippen molar-refractivity contribution < 1.29 is 19.1 Å². The Balaban J connectivity index is 2.34. The van der Waals surface area contributed by atoms with Crippen molar-refractivity contribution >= 4 is 21.6 Å². The Morgan fingerprint density at radius 1 is 1.53 bits per heavy atom. The molecule has 1 atom stereocenters. The normalized spacial score (nSPS) is 18.3. The number of halogens is 1. The number of nitrogens with zero attached hydrogens (tertiary/aromatic N) is 1. The van der Waals surface area contributed by atoms with Gasteiger partial charge in [0.1, 0.15) is 6.10 Å². The minimum Gasteiger partial charge on any atom is -0.493 e. The molecule has 1 aromatic rings. The zero-order valence-corrected chi connectivity index (χ0v) is 12.0. The van der Waals surface area contributed by atoms with Gasteiger partial charge in [-0.15, -0.1) is 0 Å². The van der Waals surface area contributed by atoms with Crippen molar-refractivity contribution in [3.05, 3.63) is 27.8 Å². The summed E-state index contributed by atoms with van der Waals surface area (Å²) in [5, 5.41) is 11.4. The van der Waals surface area contributed by atoms with Gasteiger partial charge in [0.15, 0.2) is 11.5 Å². The number of nitro benzene ring substituents is 1. The van der Waals surface area contributed by atoms with Crippen molar-refractivity contribution in [2.24, 2.45) is 0 Å². The second-order valence-electron chi connectivity index (χ2n) is 4.13. The molecule has 6 nitrogen and oxygen atoms in total. The fourth-order valence-electron chi connectivity index (χ4n) is 1.91. The van der Waals surface area contributed by atoms with E-state index in [1.54, 1.807) is 6.07 Å². The lowest BCUT2D eigenvalue weighted by atomic mass is 10.1. The van der Waals surface area contributed by atoms with Crippen LogP contribution >= 0.6 is 15.9 Å². The molecule has 0 aliphatic carbocycles. The SMILES string of the molecule is COc1cc(CBr)c([N+](=O)[O-])cc1OC1CCOC1. The Bertz CT molecular complexity index is 473. The molecule has 1 aliphatic heterocycles. The van der Waals surface area contributed by atoms with E-state index < -0.39 is 4.92 Å². The Kier molecular flexibility index (Phi) is 4.60. The molecular weight excluding hydrogens is 318 g/mol. The number of alkyl halides is 1. The van der Waals surface area contributed by atoms with Crippen LogP contribution in [0.3, 0.4) is 0 Å². The van der Waals surface area contributed by atoms with Crippen LogP contribution in [-0.4, -0.2) is 31.4 Å². The number of hydrogen-bond donors (Lipinski definition) is 0. The minimum atomic E-state index is -0.423. The fourth-order valence-corrected chi connectivity index (χ4v) is 2.35. The maximum Gasteiger partial charge on any atom is 0.277 e. The molecule has 2 rings (SSSR count). The van der Waals surface area contributed by atoms with Crippen LogP contribution in [0.2, 0.25) is 0 Å². The summed E-state index contributed by atoms with van der Waals surface area (Å²) >= 11 is 3.23. The van der Waals surface area contributed by atoms with Crippen LogP contribution in [0.15, 0.2) is 12.1 Å². The first-order chi connectivity index (χ1) is 9.15. The zero-order chi connectivity index (χ0) is 13.8. The van der Waals surface area contributed by atoms with Crippen LogP contribution in [0.4, 0.5) is 5.69 Å². The predicted octanol–water partition coefficient (Wildman–Crippen LogP) is 2.67. The number of ether oxygens (including phenoxy) is 3. The summed E-state index contributed by atoms with van der Waals surface area (Å²) in [7, 11) is 1.51. The van der Waals surface area contributed by atoms with E-state index in [9.17, 15) is 10.1 Å². The molecule has 0 amide bonds. The molecule has 0 spiro atoms. The van der Waals surface area contributed by atoms with E-state index in [2.05, 4.69) is 15.9 Å². The first kappa shape index (κ1) is 14.1. The third kappa shape index (κ3) is 3.16. The third-order valence-corrected chi connectivity index (χ3v) is 3.49. The van der Waals surface area contributed by atoms with Crippen LogP contribution in [0, 0.1) is 10.1 Å². The molecule has 1 unspecified atom stereocenters. The summed E-state index contributed by atoms with van der Waals surface area (Å²) < 4.78 is 16.2. The van der Waals surface area contributed by atoms with E-state index >= 15 is 0 Å².